The number of benzene rings is 3. The smallest absolute Gasteiger partial charge is 0.291 e. The van der Waals surface area contributed by atoms with E-state index in [2.05, 4.69) is 13.8 Å². The van der Waals surface area contributed by atoms with E-state index in [1.54, 1.807) is 78.9 Å². The van der Waals surface area contributed by atoms with E-state index in [1.807, 2.05) is 0 Å². The fraction of sp³-hybridized carbons (Fsp3) is 0.406. The second kappa shape index (κ2) is 17.7. The summed E-state index contributed by atoms with van der Waals surface area (Å²) < 4.78 is 30.5. The van der Waals surface area contributed by atoms with Gasteiger partial charge in [0.05, 0.1) is 4.90 Å². The Labute approximate surface area is 224 Å². The van der Waals surface area contributed by atoms with Crippen LogP contribution >= 0.6 is 0 Å². The molecule has 0 bridgehead atoms. The maximum atomic E-state index is 12.9. The Morgan fingerprint density at radius 1 is 0.622 bits per heavy atom. The third-order valence-electron chi connectivity index (χ3n) is 6.11. The Hall–Kier alpha value is -2.76. The van der Waals surface area contributed by atoms with Crippen LogP contribution in [0, 0.1) is 0 Å². The molecule has 37 heavy (non-hydrogen) atoms. The van der Waals surface area contributed by atoms with E-state index in [9.17, 15) is 13.2 Å². The molecule has 200 valence electrons. The first-order chi connectivity index (χ1) is 18.0. The number of rotatable bonds is 15. The quantitative estimate of drug-likeness (QED) is 0.114. The van der Waals surface area contributed by atoms with Crippen molar-refractivity contribution < 1.29 is 17.4 Å². The monoisotopic (exact) mass is 522 g/mol. The zero-order chi connectivity index (χ0) is 26.8. The lowest BCUT2D eigenvalue weighted by Gasteiger charge is -2.17. The molecule has 5 heteroatoms. The molecule has 3 rings (SSSR count). The lowest BCUT2D eigenvalue weighted by molar-refractivity contribution is 0.0801. The first kappa shape index (κ1) is 30.5. The molecule has 3 aromatic carbocycles. The molecule has 0 aliphatic carbocycles. The van der Waals surface area contributed by atoms with Crippen molar-refractivity contribution in [3.63, 3.8) is 0 Å². The van der Waals surface area contributed by atoms with Gasteiger partial charge in [0.25, 0.3) is 10.1 Å². The topological polar surface area (TPSA) is 60.4 Å². The van der Waals surface area contributed by atoms with Gasteiger partial charge in [0.1, 0.15) is 0 Å². The molecule has 4 nitrogen and oxygen atoms in total. The van der Waals surface area contributed by atoms with Crippen molar-refractivity contribution in [1.29, 1.82) is 0 Å². The maximum Gasteiger partial charge on any atom is 0.298 e. The third kappa shape index (κ3) is 11.4. The molecule has 0 aliphatic heterocycles. The molecular formula is C32H42O4S. The Morgan fingerprint density at radius 2 is 1.03 bits per heavy atom. The van der Waals surface area contributed by atoms with E-state index >= 15 is 0 Å². The summed E-state index contributed by atoms with van der Waals surface area (Å²) in [5.41, 5.74) is 0.871. The Morgan fingerprint density at radius 3 is 1.49 bits per heavy atom. The van der Waals surface area contributed by atoms with Crippen molar-refractivity contribution in [2.75, 3.05) is 0 Å². The molecule has 0 amide bonds. The van der Waals surface area contributed by atoms with Gasteiger partial charge in [0, 0.05) is 5.56 Å². The maximum absolute atomic E-state index is 12.9. The van der Waals surface area contributed by atoms with Gasteiger partial charge >= 0.3 is 0 Å². The van der Waals surface area contributed by atoms with Crippen molar-refractivity contribution in [1.82, 2.24) is 0 Å². The highest BCUT2D eigenvalue weighted by Crippen LogP contribution is 2.27. The van der Waals surface area contributed by atoms with Gasteiger partial charge in [-0.3, -0.25) is 4.79 Å². The molecule has 0 N–H and O–H groups in total. The van der Waals surface area contributed by atoms with E-state index in [1.165, 1.54) is 76.3 Å². The predicted octanol–water partition coefficient (Wildman–Crippen LogP) is 8.94. The molecule has 1 unspecified atom stereocenters. The average Bonchev–Trinajstić information content (AvgIpc) is 2.95. The summed E-state index contributed by atoms with van der Waals surface area (Å²) in [6.07, 6.45) is 13.2. The zero-order valence-corrected chi connectivity index (χ0v) is 23.2. The number of Topliss-reactive ketones (excluding diaryl/α,β-unsaturated/α-hetero) is 1. The molecule has 3 aromatic rings. The van der Waals surface area contributed by atoms with E-state index in [0.29, 0.717) is 11.1 Å². The fourth-order valence-electron chi connectivity index (χ4n) is 3.96. The number of hydrogen-bond donors (Lipinski definition) is 0. The molecule has 0 aromatic heterocycles. The van der Waals surface area contributed by atoms with Gasteiger partial charge in [-0.2, -0.15) is 8.42 Å². The van der Waals surface area contributed by atoms with Crippen molar-refractivity contribution >= 4 is 15.9 Å². The number of ketones is 1. The number of unbranched alkanes of at least 4 members (excludes halogenated alkanes) is 9. The fourth-order valence-corrected chi connectivity index (χ4v) is 5.02. The lowest BCUT2D eigenvalue weighted by Crippen LogP contribution is -2.20. The van der Waals surface area contributed by atoms with Gasteiger partial charge in [-0.1, -0.05) is 157 Å². The molecule has 0 saturated carbocycles. The molecule has 0 spiro atoms. The van der Waals surface area contributed by atoms with Crippen LogP contribution < -0.4 is 0 Å². The highest BCUT2D eigenvalue weighted by molar-refractivity contribution is 7.86. The molecule has 0 aliphatic rings. The van der Waals surface area contributed by atoms with Gasteiger partial charge < -0.3 is 0 Å². The van der Waals surface area contributed by atoms with Gasteiger partial charge in [-0.05, 0) is 17.7 Å². The van der Waals surface area contributed by atoms with Crippen LogP contribution in [0.5, 0.6) is 0 Å². The SMILES string of the molecule is CCCCCCCCCCCC.O=C(c1ccccc1)C(OS(=O)(=O)c1ccccc1)c1ccccc1. The summed E-state index contributed by atoms with van der Waals surface area (Å²) in [4.78, 5) is 12.9. The summed E-state index contributed by atoms with van der Waals surface area (Å²) >= 11 is 0. The van der Waals surface area contributed by atoms with Crippen molar-refractivity contribution in [2.24, 2.45) is 0 Å². The number of carbonyl (C=O) groups is 1. The van der Waals surface area contributed by atoms with Crippen molar-refractivity contribution in [3.8, 4) is 0 Å². The average molecular weight is 523 g/mol. The van der Waals surface area contributed by atoms with Crippen LogP contribution in [0.3, 0.4) is 0 Å². The molecule has 0 saturated heterocycles. The molecule has 0 heterocycles. The largest absolute Gasteiger partial charge is 0.298 e. The van der Waals surface area contributed by atoms with Crippen LogP contribution in [0.2, 0.25) is 0 Å². The first-order valence-electron chi connectivity index (χ1n) is 13.6. The summed E-state index contributed by atoms with van der Waals surface area (Å²) in [5.74, 6) is -0.411. The van der Waals surface area contributed by atoms with Gasteiger partial charge in [-0.15, -0.1) is 0 Å². The van der Waals surface area contributed by atoms with Crippen molar-refractivity contribution in [3.05, 3.63) is 102 Å². The molecular weight excluding hydrogens is 480 g/mol. The number of hydrogen-bond acceptors (Lipinski definition) is 4. The third-order valence-corrected chi connectivity index (χ3v) is 7.41. The first-order valence-corrected chi connectivity index (χ1v) is 15.0. The van der Waals surface area contributed by atoms with Crippen LogP contribution in [0.25, 0.3) is 0 Å². The molecule has 1 atom stereocenters. The minimum Gasteiger partial charge on any atom is -0.291 e. The van der Waals surface area contributed by atoms with Gasteiger partial charge in [-0.25, -0.2) is 4.18 Å². The van der Waals surface area contributed by atoms with E-state index in [-0.39, 0.29) is 4.90 Å². The predicted molar refractivity (Wildman–Crippen MR) is 152 cm³/mol. The highest BCUT2D eigenvalue weighted by Gasteiger charge is 2.29. The number of carbonyl (C=O) groups excluding carboxylic acids is 1. The Bertz CT molecular complexity index is 1090. The van der Waals surface area contributed by atoms with E-state index in [4.69, 9.17) is 4.18 Å². The second-order valence-electron chi connectivity index (χ2n) is 9.21. The summed E-state index contributed by atoms with van der Waals surface area (Å²) in [6.45, 7) is 4.56. The van der Waals surface area contributed by atoms with E-state index in [0.717, 1.165) is 0 Å². The summed E-state index contributed by atoms with van der Waals surface area (Å²) in [7, 11) is -4.08. The normalized spacial score (nSPS) is 11.8. The Kier molecular flexibility index (Phi) is 14.5. The Balaban J connectivity index is 0.000000341. The standard InChI is InChI=1S/C20H16O4S.C12H26/c21-19(16-10-4-1-5-11-16)20(17-12-6-2-7-13-17)24-25(22,23)18-14-8-3-9-15-18;1-3-5-7-9-11-12-10-8-6-4-2/h1-15,20H;3-12H2,1-2H3. The molecule has 0 radical (unpaired) electrons. The van der Waals surface area contributed by atoms with Gasteiger partial charge in [0.15, 0.2) is 11.9 Å². The van der Waals surface area contributed by atoms with Crippen LogP contribution in [-0.4, -0.2) is 14.2 Å². The summed E-state index contributed by atoms with van der Waals surface area (Å²) in [5, 5.41) is 0. The minimum absolute atomic E-state index is 0.0109. The molecule has 0 fully saturated rings. The van der Waals surface area contributed by atoms with Crippen LogP contribution in [0.4, 0.5) is 0 Å². The highest BCUT2D eigenvalue weighted by atomic mass is 32.2. The van der Waals surface area contributed by atoms with E-state index < -0.39 is 22.0 Å². The summed E-state index contributed by atoms with van der Waals surface area (Å²) in [6, 6.07) is 24.9. The van der Waals surface area contributed by atoms with Crippen molar-refractivity contribution in [2.45, 2.75) is 89.1 Å². The second-order valence-corrected chi connectivity index (χ2v) is 10.8. The zero-order valence-electron chi connectivity index (χ0n) is 22.3. The lowest BCUT2D eigenvalue weighted by atomic mass is 10.0. The minimum atomic E-state index is -4.08. The van der Waals surface area contributed by atoms with Crippen LogP contribution in [-0.2, 0) is 14.3 Å². The van der Waals surface area contributed by atoms with Crippen LogP contribution in [0.15, 0.2) is 95.9 Å². The van der Waals surface area contributed by atoms with Gasteiger partial charge in [0.2, 0.25) is 0 Å². The van der Waals surface area contributed by atoms with Crippen LogP contribution in [0.1, 0.15) is 100 Å².